The maximum Gasteiger partial charge on any atom is 0.171 e. The van der Waals surface area contributed by atoms with Crippen LogP contribution in [0.15, 0.2) is 77.4 Å². The lowest BCUT2D eigenvalue weighted by atomic mass is 9.84. The molecule has 1 aromatic heterocycles. The second kappa shape index (κ2) is 11.3. The van der Waals surface area contributed by atoms with E-state index >= 15 is 0 Å². The molecule has 6 nitrogen and oxygen atoms in total. The average Bonchev–Trinajstić information content (AvgIpc) is 3.24. The molecule has 0 N–H and O–H groups in total. The van der Waals surface area contributed by atoms with E-state index in [1.54, 1.807) is 25.6 Å². The van der Waals surface area contributed by atoms with Gasteiger partial charge in [-0.1, -0.05) is 35.0 Å². The van der Waals surface area contributed by atoms with Crippen molar-refractivity contribution in [1.29, 1.82) is 0 Å². The maximum absolute atomic E-state index is 13.5. The molecular formula is C31H35FN4O2. The van der Waals surface area contributed by atoms with E-state index < -0.39 is 0 Å². The maximum atomic E-state index is 13.5. The van der Waals surface area contributed by atoms with Gasteiger partial charge in [-0.3, -0.25) is 0 Å². The Kier molecular flexibility index (Phi) is 7.63. The van der Waals surface area contributed by atoms with Crippen LogP contribution in [0.25, 0.3) is 11.8 Å². The van der Waals surface area contributed by atoms with Crippen molar-refractivity contribution in [2.75, 3.05) is 20.2 Å². The van der Waals surface area contributed by atoms with Gasteiger partial charge in [0.2, 0.25) is 0 Å². The summed E-state index contributed by atoms with van der Waals surface area (Å²) in [5, 5.41) is 4.71. The first-order valence-electron chi connectivity index (χ1n) is 13.2. The zero-order valence-corrected chi connectivity index (χ0v) is 22.5. The van der Waals surface area contributed by atoms with E-state index in [0.717, 1.165) is 66.4 Å². The summed E-state index contributed by atoms with van der Waals surface area (Å²) in [7, 11) is 1.69. The minimum atomic E-state index is -0.247. The van der Waals surface area contributed by atoms with Crippen LogP contribution in [0.3, 0.4) is 0 Å². The molecule has 3 aromatic rings. The highest BCUT2D eigenvalue weighted by Gasteiger charge is 2.33. The van der Waals surface area contributed by atoms with E-state index in [4.69, 9.17) is 14.7 Å². The molecule has 0 amide bonds. The van der Waals surface area contributed by atoms with Gasteiger partial charge >= 0.3 is 0 Å². The monoisotopic (exact) mass is 514 g/mol. The van der Waals surface area contributed by atoms with Crippen molar-refractivity contribution >= 4 is 11.9 Å². The number of fused-ring (bicyclic) bond motifs is 1. The zero-order chi connectivity index (χ0) is 26.6. The second-order valence-electron chi connectivity index (χ2n) is 10.1. The fraction of sp³-hybridized carbons (Fsp3) is 0.355. The Morgan fingerprint density at radius 3 is 2.66 bits per heavy atom. The Morgan fingerprint density at radius 1 is 1.16 bits per heavy atom. The fourth-order valence-electron chi connectivity index (χ4n) is 5.24. The highest BCUT2D eigenvalue weighted by Crippen LogP contribution is 2.36. The van der Waals surface area contributed by atoms with E-state index in [1.807, 2.05) is 17.7 Å². The number of allylic oxidation sites excluding steroid dienone is 2. The molecule has 38 heavy (non-hydrogen) atoms. The Bertz CT molecular complexity index is 1370. The van der Waals surface area contributed by atoms with Crippen molar-refractivity contribution < 1.29 is 14.0 Å². The van der Waals surface area contributed by atoms with E-state index in [0.29, 0.717) is 5.92 Å². The number of aromatic nitrogens is 2. The molecule has 0 aliphatic carbocycles. The number of ether oxygens (including phenoxy) is 1. The third-order valence-corrected chi connectivity index (χ3v) is 7.49. The summed E-state index contributed by atoms with van der Waals surface area (Å²) < 4.78 is 21.2. The molecule has 0 radical (unpaired) electrons. The van der Waals surface area contributed by atoms with Crippen LogP contribution in [0.4, 0.5) is 4.39 Å². The van der Waals surface area contributed by atoms with Gasteiger partial charge in [-0.2, -0.15) is 0 Å². The molecular weight excluding hydrogens is 479 g/mol. The van der Waals surface area contributed by atoms with Gasteiger partial charge in [0.25, 0.3) is 0 Å². The van der Waals surface area contributed by atoms with Crippen LogP contribution >= 0.6 is 0 Å². The van der Waals surface area contributed by atoms with Crippen molar-refractivity contribution in [2.45, 2.75) is 46.1 Å². The smallest absolute Gasteiger partial charge is 0.171 e. The summed E-state index contributed by atoms with van der Waals surface area (Å²) in [5.41, 5.74) is 6.41. The first-order valence-corrected chi connectivity index (χ1v) is 13.2. The molecule has 2 aliphatic rings. The molecule has 7 heteroatoms. The van der Waals surface area contributed by atoms with Crippen molar-refractivity contribution in [1.82, 2.24) is 14.5 Å². The number of oxime groups is 1. The van der Waals surface area contributed by atoms with Gasteiger partial charge in [-0.05, 0) is 81.0 Å². The van der Waals surface area contributed by atoms with Crippen molar-refractivity contribution in [3.05, 3.63) is 94.8 Å². The zero-order valence-electron chi connectivity index (χ0n) is 22.5. The van der Waals surface area contributed by atoms with Crippen molar-refractivity contribution in [2.24, 2.45) is 11.1 Å². The number of halogens is 1. The predicted octanol–water partition coefficient (Wildman–Crippen LogP) is 6.87. The third-order valence-electron chi connectivity index (χ3n) is 7.49. The number of methoxy groups -OCH3 is 1. The number of hydrogen-bond donors (Lipinski definition) is 0. The number of hydrogen-bond acceptors (Lipinski definition) is 5. The highest BCUT2D eigenvalue weighted by molar-refractivity contribution is 6.03. The summed E-state index contributed by atoms with van der Waals surface area (Å²) in [5.74, 6) is 1.75. The van der Waals surface area contributed by atoms with Crippen LogP contribution in [-0.4, -0.2) is 40.5 Å². The van der Waals surface area contributed by atoms with Gasteiger partial charge in [0.15, 0.2) is 11.9 Å². The molecule has 1 fully saturated rings. The first kappa shape index (κ1) is 25.8. The van der Waals surface area contributed by atoms with Crippen LogP contribution in [0.2, 0.25) is 0 Å². The lowest BCUT2D eigenvalue weighted by Crippen LogP contribution is -2.41. The van der Waals surface area contributed by atoms with Crippen LogP contribution in [0.1, 0.15) is 56.0 Å². The summed E-state index contributed by atoms with van der Waals surface area (Å²) in [6.45, 7) is 8.01. The molecule has 3 heterocycles. The normalized spacial score (nSPS) is 21.0. The quantitative estimate of drug-likeness (QED) is 0.337. The summed E-state index contributed by atoms with van der Waals surface area (Å²) in [6.07, 6.45) is 10.8. The molecule has 198 valence electrons. The molecule has 2 aliphatic heterocycles. The largest absolute Gasteiger partial charge is 0.495 e. The lowest BCUT2D eigenvalue weighted by Gasteiger charge is -2.35. The Hall–Kier alpha value is -3.87. The van der Waals surface area contributed by atoms with Gasteiger partial charge in [0.1, 0.15) is 11.6 Å². The predicted molar refractivity (Wildman–Crippen MR) is 149 cm³/mol. The van der Waals surface area contributed by atoms with E-state index in [2.05, 4.69) is 54.1 Å². The number of amidine groups is 1. The van der Waals surface area contributed by atoms with Gasteiger partial charge in [-0.25, -0.2) is 9.37 Å². The van der Waals surface area contributed by atoms with Gasteiger partial charge in [-0.15, -0.1) is 0 Å². The summed E-state index contributed by atoms with van der Waals surface area (Å²) >= 11 is 0. The van der Waals surface area contributed by atoms with Crippen LogP contribution < -0.4 is 4.74 Å². The minimum Gasteiger partial charge on any atom is -0.495 e. The molecule has 1 saturated heterocycles. The number of rotatable bonds is 6. The molecule has 5 rings (SSSR count). The Morgan fingerprint density at radius 2 is 1.95 bits per heavy atom. The van der Waals surface area contributed by atoms with Crippen LogP contribution in [-0.2, 0) is 4.84 Å². The molecule has 0 saturated carbocycles. The summed E-state index contributed by atoms with van der Waals surface area (Å²) in [6, 6.07) is 12.8. The van der Waals surface area contributed by atoms with Gasteiger partial charge in [0, 0.05) is 31.3 Å². The Balaban J connectivity index is 1.51. The minimum absolute atomic E-state index is 0.205. The number of aryl methyl sites for hydroxylation is 1. The van der Waals surface area contributed by atoms with Gasteiger partial charge in [0.05, 0.1) is 24.8 Å². The first-order chi connectivity index (χ1) is 18.4. The highest BCUT2D eigenvalue weighted by atomic mass is 19.1. The molecule has 2 unspecified atom stereocenters. The lowest BCUT2D eigenvalue weighted by molar-refractivity contribution is 0.0576. The van der Waals surface area contributed by atoms with E-state index in [1.165, 1.54) is 23.3 Å². The molecule has 2 atom stereocenters. The van der Waals surface area contributed by atoms with Crippen LogP contribution in [0.5, 0.6) is 5.75 Å². The SMILES string of the molecule is CC=C(C)CC1CCN2CCC(c3ccc(F)cc3)ON=C2C1=Cc1ccc(-n2cnc(C)c2)c(OC)c1. The fourth-order valence-corrected chi connectivity index (χ4v) is 5.24. The summed E-state index contributed by atoms with van der Waals surface area (Å²) in [4.78, 5) is 12.8. The van der Waals surface area contributed by atoms with E-state index in [-0.39, 0.29) is 11.9 Å². The molecule has 0 bridgehead atoms. The van der Waals surface area contributed by atoms with Crippen LogP contribution in [0, 0.1) is 18.7 Å². The number of nitrogens with zero attached hydrogens (tertiary/aromatic N) is 4. The van der Waals surface area contributed by atoms with Crippen molar-refractivity contribution in [3.8, 4) is 11.4 Å². The van der Waals surface area contributed by atoms with Crippen molar-refractivity contribution in [3.63, 3.8) is 0 Å². The Labute approximate surface area is 224 Å². The number of piperidine rings is 1. The van der Waals surface area contributed by atoms with E-state index in [9.17, 15) is 4.39 Å². The topological polar surface area (TPSA) is 51.9 Å². The standard InChI is InChI=1S/C31H35FN4O2/c1-5-21(2)16-25-12-14-35-15-13-29(24-7-9-26(32)10-8-24)38-34-31(35)27(25)17-23-6-11-28(30(18-23)37-4)36-19-22(3)33-20-36/h5-11,17-20,25,29H,12-16H2,1-4H3. The average molecular weight is 515 g/mol. The third kappa shape index (κ3) is 5.52. The number of imidazole rings is 1. The molecule has 2 aromatic carbocycles. The number of benzene rings is 2. The second-order valence-corrected chi connectivity index (χ2v) is 10.1. The molecule has 0 spiro atoms. The van der Waals surface area contributed by atoms with Gasteiger partial charge < -0.3 is 19.0 Å².